The molecule has 0 fully saturated rings. The lowest BCUT2D eigenvalue weighted by Crippen LogP contribution is -2.36. The Morgan fingerprint density at radius 3 is 2.45 bits per heavy atom. The summed E-state index contributed by atoms with van der Waals surface area (Å²) >= 11 is 0. The Morgan fingerprint density at radius 1 is 0.939 bits per heavy atom. The standard InChI is InChI=1S/C25H24N4O4/c30-24(25(31)27-21-6-3-7-23(16-21)29(32)33)26-14-12-18-8-10-22(11-9-18)28-15-13-19-4-1-2-5-20(19)17-28/h1-11,16H,12-15,17H2,(H,26,30)(H,27,31). The number of hydrogen-bond donors (Lipinski definition) is 2. The largest absolute Gasteiger partial charge is 0.367 e. The van der Waals surface area contributed by atoms with Gasteiger partial charge < -0.3 is 15.5 Å². The first-order valence-electron chi connectivity index (χ1n) is 10.7. The minimum absolute atomic E-state index is 0.162. The molecule has 168 valence electrons. The van der Waals surface area contributed by atoms with Crippen LogP contribution in [0, 0.1) is 10.1 Å². The van der Waals surface area contributed by atoms with Gasteiger partial charge in [-0.15, -0.1) is 0 Å². The third kappa shape index (κ3) is 5.54. The number of anilines is 2. The Kier molecular flexibility index (Phi) is 6.64. The van der Waals surface area contributed by atoms with Crippen LogP contribution in [0.5, 0.6) is 0 Å². The zero-order chi connectivity index (χ0) is 23.2. The molecule has 2 amide bonds. The van der Waals surface area contributed by atoms with Crippen LogP contribution in [-0.4, -0.2) is 29.8 Å². The predicted molar refractivity (Wildman–Crippen MR) is 126 cm³/mol. The number of nitro groups is 1. The van der Waals surface area contributed by atoms with Crippen molar-refractivity contribution >= 4 is 28.9 Å². The SMILES string of the molecule is O=C(NCCc1ccc(N2CCc3ccccc3C2)cc1)C(=O)Nc1cccc([N+](=O)[O-])c1. The average Bonchev–Trinajstić information content (AvgIpc) is 2.84. The minimum Gasteiger partial charge on any atom is -0.367 e. The number of rotatable bonds is 6. The molecule has 0 unspecified atom stereocenters. The highest BCUT2D eigenvalue weighted by Gasteiger charge is 2.17. The van der Waals surface area contributed by atoms with Crippen molar-refractivity contribution in [2.24, 2.45) is 0 Å². The normalized spacial score (nSPS) is 12.5. The molecular weight excluding hydrogens is 420 g/mol. The van der Waals surface area contributed by atoms with Gasteiger partial charge >= 0.3 is 11.8 Å². The summed E-state index contributed by atoms with van der Waals surface area (Å²) in [5, 5.41) is 15.8. The molecule has 0 bridgehead atoms. The maximum Gasteiger partial charge on any atom is 0.313 e. The van der Waals surface area contributed by atoms with Crippen molar-refractivity contribution in [3.63, 3.8) is 0 Å². The number of nitrogens with one attached hydrogen (secondary N) is 2. The number of amides is 2. The maximum atomic E-state index is 12.1. The van der Waals surface area contributed by atoms with Gasteiger partial charge in [0.25, 0.3) is 5.69 Å². The van der Waals surface area contributed by atoms with E-state index < -0.39 is 16.7 Å². The van der Waals surface area contributed by atoms with Crippen molar-refractivity contribution < 1.29 is 14.5 Å². The van der Waals surface area contributed by atoms with Crippen molar-refractivity contribution in [3.05, 3.63) is 99.6 Å². The lowest BCUT2D eigenvalue weighted by Gasteiger charge is -2.30. The van der Waals surface area contributed by atoms with Gasteiger partial charge in [-0.25, -0.2) is 0 Å². The Morgan fingerprint density at radius 2 is 1.70 bits per heavy atom. The third-order valence-electron chi connectivity index (χ3n) is 5.65. The van der Waals surface area contributed by atoms with Crippen molar-refractivity contribution in [3.8, 4) is 0 Å². The molecule has 1 heterocycles. The predicted octanol–water partition coefficient (Wildman–Crippen LogP) is 3.45. The molecule has 0 saturated heterocycles. The van der Waals surface area contributed by atoms with Crippen molar-refractivity contribution in [1.82, 2.24) is 5.32 Å². The minimum atomic E-state index is -0.865. The summed E-state index contributed by atoms with van der Waals surface area (Å²) in [6, 6.07) is 22.2. The van der Waals surface area contributed by atoms with Gasteiger partial charge in [-0.05, 0) is 47.7 Å². The number of hydrogen-bond acceptors (Lipinski definition) is 5. The van der Waals surface area contributed by atoms with Crippen LogP contribution in [0.3, 0.4) is 0 Å². The van der Waals surface area contributed by atoms with Crippen LogP contribution in [0.1, 0.15) is 16.7 Å². The fraction of sp³-hybridized carbons (Fsp3) is 0.200. The third-order valence-corrected chi connectivity index (χ3v) is 5.65. The van der Waals surface area contributed by atoms with E-state index in [1.54, 1.807) is 0 Å². The Hall–Kier alpha value is -4.20. The molecular formula is C25H24N4O4. The van der Waals surface area contributed by atoms with Crippen molar-refractivity contribution in [1.29, 1.82) is 0 Å². The molecule has 0 saturated carbocycles. The van der Waals surface area contributed by atoms with Crippen molar-refractivity contribution in [2.45, 2.75) is 19.4 Å². The molecule has 3 aromatic carbocycles. The molecule has 8 nitrogen and oxygen atoms in total. The highest BCUT2D eigenvalue weighted by Crippen LogP contribution is 2.24. The molecule has 0 aliphatic carbocycles. The molecule has 0 spiro atoms. The fourth-order valence-electron chi connectivity index (χ4n) is 3.88. The summed E-state index contributed by atoms with van der Waals surface area (Å²) in [6.07, 6.45) is 1.61. The molecule has 0 radical (unpaired) electrons. The van der Waals surface area contributed by atoms with Gasteiger partial charge in [-0.2, -0.15) is 0 Å². The number of non-ortho nitro benzene ring substituents is 1. The van der Waals surface area contributed by atoms with E-state index in [4.69, 9.17) is 0 Å². The second-order valence-electron chi connectivity index (χ2n) is 7.87. The summed E-state index contributed by atoms with van der Waals surface area (Å²) in [6.45, 7) is 2.18. The number of carbonyl (C=O) groups is 2. The molecule has 0 atom stereocenters. The first kappa shape index (κ1) is 22.0. The van der Waals surface area contributed by atoms with Crippen LogP contribution in [0.2, 0.25) is 0 Å². The second-order valence-corrected chi connectivity index (χ2v) is 7.87. The molecule has 3 aromatic rings. The van der Waals surface area contributed by atoms with Crippen LogP contribution in [-0.2, 0) is 29.0 Å². The Balaban J connectivity index is 1.25. The van der Waals surface area contributed by atoms with Crippen LogP contribution >= 0.6 is 0 Å². The zero-order valence-corrected chi connectivity index (χ0v) is 18.0. The topological polar surface area (TPSA) is 105 Å². The van der Waals surface area contributed by atoms with Gasteiger partial charge in [0.2, 0.25) is 0 Å². The van der Waals surface area contributed by atoms with E-state index in [2.05, 4.69) is 51.9 Å². The Bertz CT molecular complexity index is 1180. The monoisotopic (exact) mass is 444 g/mol. The number of benzene rings is 3. The summed E-state index contributed by atoms with van der Waals surface area (Å²) in [5.41, 5.74) is 5.02. The summed E-state index contributed by atoms with van der Waals surface area (Å²) in [5.74, 6) is -1.65. The average molecular weight is 444 g/mol. The van der Waals surface area contributed by atoms with Gasteiger partial charge in [-0.1, -0.05) is 42.5 Å². The highest BCUT2D eigenvalue weighted by molar-refractivity contribution is 6.39. The van der Waals surface area contributed by atoms with E-state index in [1.807, 2.05) is 12.1 Å². The maximum absolute atomic E-state index is 12.1. The molecule has 1 aliphatic heterocycles. The number of nitrogens with zero attached hydrogens (tertiary/aromatic N) is 2. The van der Waals surface area contributed by atoms with Gasteiger partial charge in [0.05, 0.1) is 4.92 Å². The fourth-order valence-corrected chi connectivity index (χ4v) is 3.88. The van der Waals surface area contributed by atoms with Crippen LogP contribution < -0.4 is 15.5 Å². The summed E-state index contributed by atoms with van der Waals surface area (Å²) in [4.78, 5) is 36.7. The lowest BCUT2D eigenvalue weighted by atomic mass is 9.99. The van der Waals surface area contributed by atoms with Crippen LogP contribution in [0.4, 0.5) is 17.1 Å². The number of fused-ring (bicyclic) bond motifs is 1. The first-order valence-corrected chi connectivity index (χ1v) is 10.7. The first-order chi connectivity index (χ1) is 16.0. The quantitative estimate of drug-likeness (QED) is 0.344. The van der Waals surface area contributed by atoms with E-state index in [1.165, 1.54) is 35.4 Å². The summed E-state index contributed by atoms with van der Waals surface area (Å²) < 4.78 is 0. The summed E-state index contributed by atoms with van der Waals surface area (Å²) in [7, 11) is 0. The zero-order valence-electron chi connectivity index (χ0n) is 18.0. The molecule has 33 heavy (non-hydrogen) atoms. The van der Waals surface area contributed by atoms with E-state index in [9.17, 15) is 19.7 Å². The molecule has 0 aromatic heterocycles. The van der Waals surface area contributed by atoms with E-state index >= 15 is 0 Å². The van der Waals surface area contributed by atoms with Gasteiger partial charge in [0.15, 0.2) is 0 Å². The highest BCUT2D eigenvalue weighted by atomic mass is 16.6. The molecule has 2 N–H and O–H groups in total. The van der Waals surface area contributed by atoms with Gasteiger partial charge in [0.1, 0.15) is 0 Å². The van der Waals surface area contributed by atoms with E-state index in [-0.39, 0.29) is 11.4 Å². The molecule has 8 heteroatoms. The molecule has 1 aliphatic rings. The van der Waals surface area contributed by atoms with E-state index in [0.717, 1.165) is 30.8 Å². The van der Waals surface area contributed by atoms with Crippen LogP contribution in [0.15, 0.2) is 72.8 Å². The van der Waals surface area contributed by atoms with Crippen LogP contribution in [0.25, 0.3) is 0 Å². The Labute approximate surface area is 191 Å². The van der Waals surface area contributed by atoms with E-state index in [0.29, 0.717) is 13.0 Å². The molecule has 4 rings (SSSR count). The number of nitro benzene ring substituents is 1. The lowest BCUT2D eigenvalue weighted by molar-refractivity contribution is -0.384. The van der Waals surface area contributed by atoms with Gasteiger partial charge in [-0.3, -0.25) is 19.7 Å². The van der Waals surface area contributed by atoms with Gasteiger partial charge in [0, 0.05) is 43.1 Å². The second kappa shape index (κ2) is 9.95. The smallest absolute Gasteiger partial charge is 0.313 e. The van der Waals surface area contributed by atoms with Crippen molar-refractivity contribution in [2.75, 3.05) is 23.3 Å². The number of carbonyl (C=O) groups excluding carboxylic acids is 2.